The monoisotopic (exact) mass is 455 g/mol. The van der Waals surface area contributed by atoms with E-state index in [0.29, 0.717) is 42.5 Å². The molecular weight excluding hydrogens is 422 g/mol. The predicted octanol–water partition coefficient (Wildman–Crippen LogP) is 1.96. The van der Waals surface area contributed by atoms with Gasteiger partial charge in [0, 0.05) is 44.3 Å². The topological polar surface area (TPSA) is 88.2 Å². The van der Waals surface area contributed by atoms with E-state index in [1.54, 1.807) is 4.90 Å². The highest BCUT2D eigenvalue weighted by Crippen LogP contribution is 2.40. The predicted molar refractivity (Wildman–Crippen MR) is 121 cm³/mol. The SMILES string of the molecule is CCOC1CN(C2C(Oc3ccc4c(c3)CN(C3CCC(=O)NC3=O)C4=O)[C@@H](C)C[C@H]2C)C1. The van der Waals surface area contributed by atoms with Crippen LogP contribution in [0.25, 0.3) is 0 Å². The molecule has 3 fully saturated rings. The van der Waals surface area contributed by atoms with Crippen LogP contribution in [0.3, 0.4) is 0 Å². The Morgan fingerprint density at radius 2 is 1.91 bits per heavy atom. The number of hydrogen-bond donors (Lipinski definition) is 1. The van der Waals surface area contributed by atoms with Crippen molar-refractivity contribution in [1.82, 2.24) is 15.1 Å². The van der Waals surface area contributed by atoms with Crippen LogP contribution in [-0.4, -0.2) is 71.5 Å². The van der Waals surface area contributed by atoms with Crippen LogP contribution in [0.1, 0.15) is 56.0 Å². The highest BCUT2D eigenvalue weighted by Gasteiger charge is 2.47. The van der Waals surface area contributed by atoms with Crippen LogP contribution < -0.4 is 10.1 Å². The standard InChI is InChI=1S/C25H33N3O5/c1-4-32-18-12-27(13-18)22-14(2)9-15(3)23(22)33-17-5-6-19-16(10-17)11-28(25(19)31)20-7-8-21(29)26-24(20)30/h5-6,10,14-15,18,20,22-23H,4,7-9,11-13H2,1-3H3,(H,26,29,30)/t14-,15+,20?,22?,23?/m1/s1. The molecule has 0 spiro atoms. The smallest absolute Gasteiger partial charge is 0.255 e. The van der Waals surface area contributed by atoms with E-state index in [-0.39, 0.29) is 30.2 Å². The second-order valence-corrected chi connectivity index (χ2v) is 10.0. The molecule has 1 N–H and O–H groups in total. The molecule has 8 nitrogen and oxygen atoms in total. The number of fused-ring (bicyclic) bond motifs is 1. The first-order chi connectivity index (χ1) is 15.9. The van der Waals surface area contributed by atoms with Crippen molar-refractivity contribution >= 4 is 17.7 Å². The van der Waals surface area contributed by atoms with Crippen molar-refractivity contribution in [3.63, 3.8) is 0 Å². The molecule has 4 aliphatic rings. The van der Waals surface area contributed by atoms with Gasteiger partial charge in [-0.3, -0.25) is 24.6 Å². The normalized spacial score (nSPS) is 32.6. The second kappa shape index (κ2) is 8.72. The molecule has 2 saturated heterocycles. The van der Waals surface area contributed by atoms with Crippen molar-refractivity contribution in [3.8, 4) is 5.75 Å². The van der Waals surface area contributed by atoms with Crippen molar-refractivity contribution in [3.05, 3.63) is 29.3 Å². The minimum atomic E-state index is -0.600. The van der Waals surface area contributed by atoms with Crippen LogP contribution in [-0.2, 0) is 20.9 Å². The lowest BCUT2D eigenvalue weighted by Crippen LogP contribution is -2.60. The molecular formula is C25H33N3O5. The zero-order valence-electron chi connectivity index (χ0n) is 19.6. The summed E-state index contributed by atoms with van der Waals surface area (Å²) in [5, 5.41) is 2.35. The fourth-order valence-corrected chi connectivity index (χ4v) is 6.11. The van der Waals surface area contributed by atoms with Crippen LogP contribution in [0.4, 0.5) is 0 Å². The summed E-state index contributed by atoms with van der Waals surface area (Å²) in [7, 11) is 0. The highest BCUT2D eigenvalue weighted by atomic mass is 16.5. The van der Waals surface area contributed by atoms with Crippen LogP contribution in [0.5, 0.6) is 5.75 Å². The minimum Gasteiger partial charge on any atom is -0.489 e. The minimum absolute atomic E-state index is 0.0870. The van der Waals surface area contributed by atoms with Gasteiger partial charge in [-0.1, -0.05) is 13.8 Å². The fraction of sp³-hybridized carbons (Fsp3) is 0.640. The van der Waals surface area contributed by atoms with Crippen molar-refractivity contribution in [2.24, 2.45) is 11.8 Å². The maximum Gasteiger partial charge on any atom is 0.255 e. The number of imide groups is 1. The van der Waals surface area contributed by atoms with Gasteiger partial charge in [-0.2, -0.15) is 0 Å². The first kappa shape index (κ1) is 22.3. The summed E-state index contributed by atoms with van der Waals surface area (Å²) in [5.74, 6) is 0.928. The first-order valence-electron chi connectivity index (χ1n) is 12.2. The number of hydrogen-bond acceptors (Lipinski definition) is 6. The van der Waals surface area contributed by atoms with Crippen molar-refractivity contribution in [2.45, 2.75) is 70.9 Å². The molecule has 3 unspecified atom stereocenters. The van der Waals surface area contributed by atoms with Gasteiger partial charge in [0.15, 0.2) is 0 Å². The quantitative estimate of drug-likeness (QED) is 0.660. The van der Waals surface area contributed by atoms with Gasteiger partial charge in [-0.05, 0) is 55.4 Å². The maximum absolute atomic E-state index is 12.9. The van der Waals surface area contributed by atoms with Crippen LogP contribution in [0, 0.1) is 11.8 Å². The molecule has 5 atom stereocenters. The van der Waals surface area contributed by atoms with E-state index in [4.69, 9.17) is 9.47 Å². The van der Waals surface area contributed by atoms with Gasteiger partial charge in [-0.25, -0.2) is 0 Å². The van der Waals surface area contributed by atoms with E-state index in [9.17, 15) is 14.4 Å². The largest absolute Gasteiger partial charge is 0.489 e. The number of rotatable bonds is 6. The molecule has 3 heterocycles. The summed E-state index contributed by atoms with van der Waals surface area (Å²) in [6.07, 6.45) is 2.15. The average Bonchev–Trinajstić information content (AvgIpc) is 3.20. The number of nitrogens with one attached hydrogen (secondary N) is 1. The molecule has 1 saturated carbocycles. The van der Waals surface area contributed by atoms with Crippen molar-refractivity contribution in [1.29, 1.82) is 0 Å². The van der Waals surface area contributed by atoms with Gasteiger partial charge < -0.3 is 14.4 Å². The number of carbonyl (C=O) groups is 3. The van der Waals surface area contributed by atoms with Gasteiger partial charge in [0.05, 0.1) is 6.10 Å². The Hall–Kier alpha value is -2.45. The Morgan fingerprint density at radius 3 is 2.64 bits per heavy atom. The Bertz CT molecular complexity index is 959. The summed E-state index contributed by atoms with van der Waals surface area (Å²) in [4.78, 5) is 40.8. The number of benzene rings is 1. The summed E-state index contributed by atoms with van der Waals surface area (Å²) in [6.45, 7) is 9.61. The Kier molecular flexibility index (Phi) is 5.91. The zero-order chi connectivity index (χ0) is 23.3. The van der Waals surface area contributed by atoms with E-state index < -0.39 is 6.04 Å². The molecule has 0 radical (unpaired) electrons. The van der Waals surface area contributed by atoms with Crippen molar-refractivity contribution < 1.29 is 23.9 Å². The average molecular weight is 456 g/mol. The lowest BCUT2D eigenvalue weighted by atomic mass is 9.98. The zero-order valence-corrected chi connectivity index (χ0v) is 19.6. The third-order valence-electron chi connectivity index (χ3n) is 7.69. The van der Waals surface area contributed by atoms with Gasteiger partial charge in [0.2, 0.25) is 11.8 Å². The Balaban J connectivity index is 1.29. The summed E-state index contributed by atoms with van der Waals surface area (Å²) in [6, 6.07) is 5.39. The van der Waals surface area contributed by atoms with Crippen LogP contribution >= 0.6 is 0 Å². The lowest BCUT2D eigenvalue weighted by Gasteiger charge is -2.46. The molecule has 1 aromatic carbocycles. The molecule has 3 amide bonds. The number of piperidine rings is 1. The number of amides is 3. The summed E-state index contributed by atoms with van der Waals surface area (Å²) >= 11 is 0. The number of ether oxygens (including phenoxy) is 2. The molecule has 1 aromatic rings. The Labute approximate surface area is 194 Å². The van der Waals surface area contributed by atoms with Gasteiger partial charge in [0.25, 0.3) is 5.91 Å². The van der Waals surface area contributed by atoms with Gasteiger partial charge in [-0.15, -0.1) is 0 Å². The first-order valence-corrected chi connectivity index (χ1v) is 12.2. The number of carbonyl (C=O) groups excluding carboxylic acids is 3. The molecule has 0 aromatic heterocycles. The van der Waals surface area contributed by atoms with E-state index in [2.05, 4.69) is 24.1 Å². The molecule has 8 heteroatoms. The van der Waals surface area contributed by atoms with E-state index >= 15 is 0 Å². The molecule has 0 bridgehead atoms. The third-order valence-corrected chi connectivity index (χ3v) is 7.69. The van der Waals surface area contributed by atoms with Crippen molar-refractivity contribution in [2.75, 3.05) is 19.7 Å². The third kappa shape index (κ3) is 4.04. The summed E-state index contributed by atoms with van der Waals surface area (Å²) in [5.41, 5.74) is 1.48. The van der Waals surface area contributed by atoms with E-state index in [1.165, 1.54) is 0 Å². The maximum atomic E-state index is 12.9. The Morgan fingerprint density at radius 1 is 1.12 bits per heavy atom. The van der Waals surface area contributed by atoms with Crippen LogP contribution in [0.2, 0.25) is 0 Å². The molecule has 5 rings (SSSR count). The number of nitrogens with zero attached hydrogens (tertiary/aromatic N) is 2. The summed E-state index contributed by atoms with van der Waals surface area (Å²) < 4.78 is 12.3. The molecule has 1 aliphatic carbocycles. The molecule has 3 aliphatic heterocycles. The van der Waals surface area contributed by atoms with Gasteiger partial charge >= 0.3 is 0 Å². The van der Waals surface area contributed by atoms with Gasteiger partial charge in [0.1, 0.15) is 17.9 Å². The second-order valence-electron chi connectivity index (χ2n) is 10.0. The van der Waals surface area contributed by atoms with E-state index in [0.717, 1.165) is 37.4 Å². The van der Waals surface area contributed by atoms with E-state index in [1.807, 2.05) is 25.1 Å². The fourth-order valence-electron chi connectivity index (χ4n) is 6.11. The highest BCUT2D eigenvalue weighted by molar-refractivity contribution is 6.05. The molecule has 33 heavy (non-hydrogen) atoms. The number of likely N-dealkylation sites (tertiary alicyclic amines) is 1. The lowest BCUT2D eigenvalue weighted by molar-refractivity contribution is -0.136. The van der Waals surface area contributed by atoms with Crippen LogP contribution in [0.15, 0.2) is 18.2 Å². The molecule has 178 valence electrons.